The van der Waals surface area contributed by atoms with Gasteiger partial charge in [-0.25, -0.2) is 0 Å². The minimum absolute atomic E-state index is 0.898. The van der Waals surface area contributed by atoms with Gasteiger partial charge in [-0.1, -0.05) is 46.5 Å². The quantitative estimate of drug-likeness (QED) is 0.539. The third-order valence-electron chi connectivity index (χ3n) is 2.80. The second-order valence-corrected chi connectivity index (χ2v) is 3.93. The van der Waals surface area contributed by atoms with Crippen LogP contribution < -0.4 is 0 Å². The Kier molecular flexibility index (Phi) is 8.07. The first-order valence-corrected chi connectivity index (χ1v) is 5.80. The molecule has 0 aromatic carbocycles. The zero-order valence-corrected chi connectivity index (χ0v) is 9.53. The molecule has 0 aromatic heterocycles. The molecule has 0 heterocycles. The van der Waals surface area contributed by atoms with E-state index in [1.807, 2.05) is 0 Å². The minimum Gasteiger partial charge on any atom is -0.310 e. The van der Waals surface area contributed by atoms with Crippen molar-refractivity contribution in [3.63, 3.8) is 0 Å². The van der Waals surface area contributed by atoms with Crippen LogP contribution in [0.2, 0.25) is 0 Å². The third kappa shape index (κ3) is 6.80. The monoisotopic (exact) mass is 183 g/mol. The predicted molar refractivity (Wildman–Crippen MR) is 60.6 cm³/mol. The van der Waals surface area contributed by atoms with E-state index in [2.05, 4.69) is 20.8 Å². The van der Waals surface area contributed by atoms with Crippen LogP contribution in [0.15, 0.2) is 0 Å². The minimum atomic E-state index is 0.898. The fraction of sp³-hybridized carbons (Fsp3) is 0.917. The average molecular weight is 183 g/mol. The van der Waals surface area contributed by atoms with Crippen LogP contribution in [0, 0.1) is 11.3 Å². The van der Waals surface area contributed by atoms with Gasteiger partial charge in [0.05, 0.1) is 0 Å². The van der Waals surface area contributed by atoms with Crippen LogP contribution in [-0.2, 0) is 0 Å². The molecule has 0 aliphatic heterocycles. The van der Waals surface area contributed by atoms with Crippen LogP contribution in [0.4, 0.5) is 0 Å². The Labute approximate surface area is 83.4 Å². The molecule has 78 valence electrons. The zero-order chi connectivity index (χ0) is 10.1. The second-order valence-electron chi connectivity index (χ2n) is 3.93. The summed E-state index contributed by atoms with van der Waals surface area (Å²) in [5.74, 6) is 0.898. The third-order valence-corrected chi connectivity index (χ3v) is 2.80. The number of hydrogen-bond acceptors (Lipinski definition) is 1. The molecule has 0 saturated heterocycles. The van der Waals surface area contributed by atoms with E-state index in [4.69, 9.17) is 5.41 Å². The maximum Gasteiger partial charge on any atom is 0.00890 e. The Morgan fingerprint density at radius 3 is 2.15 bits per heavy atom. The van der Waals surface area contributed by atoms with E-state index in [1.54, 1.807) is 0 Å². The summed E-state index contributed by atoms with van der Waals surface area (Å²) < 4.78 is 0. The van der Waals surface area contributed by atoms with E-state index < -0.39 is 0 Å². The second kappa shape index (κ2) is 8.28. The van der Waals surface area contributed by atoms with E-state index >= 15 is 0 Å². The van der Waals surface area contributed by atoms with Gasteiger partial charge in [0.15, 0.2) is 0 Å². The lowest BCUT2D eigenvalue weighted by molar-refractivity contribution is 0.444. The highest BCUT2D eigenvalue weighted by Crippen LogP contribution is 2.16. The number of hydrogen-bond donors (Lipinski definition) is 1. The van der Waals surface area contributed by atoms with Gasteiger partial charge in [0, 0.05) is 5.71 Å². The first-order chi connectivity index (χ1) is 6.24. The molecule has 1 nitrogen and oxygen atoms in total. The summed E-state index contributed by atoms with van der Waals surface area (Å²) in [5.41, 5.74) is 0.952. The molecule has 0 aliphatic rings. The Morgan fingerprint density at radius 1 is 1.08 bits per heavy atom. The smallest absolute Gasteiger partial charge is 0.00890 e. The van der Waals surface area contributed by atoms with Crippen molar-refractivity contribution in [3.05, 3.63) is 0 Å². The Balaban J connectivity index is 3.37. The Hall–Kier alpha value is -0.330. The van der Waals surface area contributed by atoms with Crippen LogP contribution in [0.5, 0.6) is 0 Å². The normalized spacial score (nSPS) is 10.8. The number of rotatable bonds is 8. The van der Waals surface area contributed by atoms with Gasteiger partial charge < -0.3 is 5.41 Å². The van der Waals surface area contributed by atoms with Crippen molar-refractivity contribution in [2.24, 2.45) is 5.92 Å². The Morgan fingerprint density at radius 2 is 1.69 bits per heavy atom. The van der Waals surface area contributed by atoms with Crippen molar-refractivity contribution in [1.82, 2.24) is 0 Å². The van der Waals surface area contributed by atoms with Crippen molar-refractivity contribution in [3.8, 4) is 0 Å². The molecule has 0 unspecified atom stereocenters. The van der Waals surface area contributed by atoms with E-state index in [0.717, 1.165) is 30.9 Å². The van der Waals surface area contributed by atoms with E-state index in [1.165, 1.54) is 25.7 Å². The molecule has 0 radical (unpaired) electrons. The van der Waals surface area contributed by atoms with Crippen molar-refractivity contribution in [2.75, 3.05) is 0 Å². The lowest BCUT2D eigenvalue weighted by atomic mass is 9.95. The van der Waals surface area contributed by atoms with Crippen LogP contribution >= 0.6 is 0 Å². The van der Waals surface area contributed by atoms with Gasteiger partial charge in [-0.2, -0.15) is 0 Å². The van der Waals surface area contributed by atoms with Crippen molar-refractivity contribution in [2.45, 2.75) is 65.7 Å². The summed E-state index contributed by atoms with van der Waals surface area (Å²) in [7, 11) is 0. The Bertz CT molecular complexity index is 125. The molecular weight excluding hydrogens is 158 g/mol. The lowest BCUT2D eigenvalue weighted by Gasteiger charge is -2.11. The molecule has 0 spiro atoms. The van der Waals surface area contributed by atoms with Gasteiger partial charge in [-0.15, -0.1) is 0 Å². The van der Waals surface area contributed by atoms with Gasteiger partial charge in [-0.05, 0) is 25.2 Å². The molecule has 0 aromatic rings. The summed E-state index contributed by atoms with van der Waals surface area (Å²) in [6.07, 6.45) is 8.32. The van der Waals surface area contributed by atoms with Gasteiger partial charge in [0.1, 0.15) is 0 Å². The molecule has 0 amide bonds. The molecule has 0 bridgehead atoms. The fourth-order valence-corrected chi connectivity index (χ4v) is 1.73. The van der Waals surface area contributed by atoms with Gasteiger partial charge in [-0.3, -0.25) is 0 Å². The molecule has 0 fully saturated rings. The topological polar surface area (TPSA) is 23.9 Å². The number of nitrogens with one attached hydrogen (secondary N) is 1. The van der Waals surface area contributed by atoms with Gasteiger partial charge in [0.2, 0.25) is 0 Å². The van der Waals surface area contributed by atoms with Crippen LogP contribution in [0.1, 0.15) is 65.7 Å². The SMILES string of the molecule is CCCC(=N)CCCC(CC)CC. The molecule has 0 aliphatic carbocycles. The molecular formula is C12H25N. The summed E-state index contributed by atoms with van der Waals surface area (Å²) >= 11 is 0. The highest BCUT2D eigenvalue weighted by Gasteiger charge is 2.03. The maximum absolute atomic E-state index is 7.65. The molecule has 1 heteroatoms. The van der Waals surface area contributed by atoms with Crippen molar-refractivity contribution < 1.29 is 0 Å². The molecule has 13 heavy (non-hydrogen) atoms. The lowest BCUT2D eigenvalue weighted by Crippen LogP contribution is -2.00. The van der Waals surface area contributed by atoms with Gasteiger partial charge in [0.25, 0.3) is 0 Å². The highest BCUT2D eigenvalue weighted by molar-refractivity contribution is 5.81. The van der Waals surface area contributed by atoms with E-state index in [0.29, 0.717) is 0 Å². The van der Waals surface area contributed by atoms with E-state index in [-0.39, 0.29) is 0 Å². The zero-order valence-electron chi connectivity index (χ0n) is 9.53. The summed E-state index contributed by atoms with van der Waals surface area (Å²) in [6, 6.07) is 0. The highest BCUT2D eigenvalue weighted by atomic mass is 14.4. The summed E-state index contributed by atoms with van der Waals surface area (Å²) in [6.45, 7) is 6.69. The first-order valence-electron chi connectivity index (χ1n) is 5.80. The average Bonchev–Trinajstić information content (AvgIpc) is 2.13. The molecule has 0 saturated carbocycles. The van der Waals surface area contributed by atoms with Crippen LogP contribution in [0.3, 0.4) is 0 Å². The van der Waals surface area contributed by atoms with Crippen LogP contribution in [-0.4, -0.2) is 5.71 Å². The van der Waals surface area contributed by atoms with Crippen LogP contribution in [0.25, 0.3) is 0 Å². The predicted octanol–water partition coefficient (Wildman–Crippen LogP) is 4.41. The standard InChI is InChI=1S/C12H25N/c1-4-8-12(13)10-7-9-11(5-2)6-3/h11,13H,4-10H2,1-3H3. The first kappa shape index (κ1) is 12.7. The molecule has 0 rings (SSSR count). The van der Waals surface area contributed by atoms with Crippen molar-refractivity contribution >= 4 is 5.71 Å². The summed E-state index contributed by atoms with van der Waals surface area (Å²) in [5, 5.41) is 7.65. The largest absolute Gasteiger partial charge is 0.310 e. The maximum atomic E-state index is 7.65. The fourth-order valence-electron chi connectivity index (χ4n) is 1.73. The molecule has 0 atom stereocenters. The van der Waals surface area contributed by atoms with Crippen molar-refractivity contribution in [1.29, 1.82) is 5.41 Å². The summed E-state index contributed by atoms with van der Waals surface area (Å²) in [4.78, 5) is 0. The van der Waals surface area contributed by atoms with E-state index in [9.17, 15) is 0 Å². The van der Waals surface area contributed by atoms with Gasteiger partial charge >= 0.3 is 0 Å². The molecule has 1 N–H and O–H groups in total.